The van der Waals surface area contributed by atoms with Crippen molar-refractivity contribution in [2.75, 3.05) is 13.1 Å². The molecule has 17 heavy (non-hydrogen) atoms. The Balaban J connectivity index is 1.70. The summed E-state index contributed by atoms with van der Waals surface area (Å²) in [6.45, 7) is 1.83. The smallest absolute Gasteiger partial charge is 0.126 e. The lowest BCUT2D eigenvalue weighted by Gasteiger charge is -2.10. The second-order valence-corrected chi connectivity index (χ2v) is 4.88. The zero-order valence-electron chi connectivity index (χ0n) is 10.0. The minimum Gasteiger partial charge on any atom is -0.316 e. The van der Waals surface area contributed by atoms with E-state index in [2.05, 4.69) is 5.32 Å². The molecule has 0 heterocycles. The van der Waals surface area contributed by atoms with Crippen molar-refractivity contribution in [3.05, 3.63) is 35.4 Å². The standard InChI is InChI=1S/C14H19F2N/c15-13-7-12(8-14(16)9-13)5-6-17-10-11-3-1-2-4-11/h7-9,11,17H,1-6,10H2. The van der Waals surface area contributed by atoms with Crippen LogP contribution in [0, 0.1) is 17.6 Å². The summed E-state index contributed by atoms with van der Waals surface area (Å²) < 4.78 is 25.8. The molecule has 0 unspecified atom stereocenters. The highest BCUT2D eigenvalue weighted by Crippen LogP contribution is 2.23. The first-order valence-corrected chi connectivity index (χ1v) is 6.40. The molecule has 1 nitrogen and oxygen atoms in total. The Hall–Kier alpha value is -0.960. The summed E-state index contributed by atoms with van der Waals surface area (Å²) in [6.07, 6.45) is 6.02. The third-order valence-electron chi connectivity index (χ3n) is 3.42. The maximum Gasteiger partial charge on any atom is 0.126 e. The van der Waals surface area contributed by atoms with Gasteiger partial charge in [-0.1, -0.05) is 12.8 Å². The largest absolute Gasteiger partial charge is 0.316 e. The second kappa shape index (κ2) is 6.10. The minimum atomic E-state index is -0.490. The lowest BCUT2D eigenvalue weighted by Crippen LogP contribution is -2.23. The molecule has 0 amide bonds. The van der Waals surface area contributed by atoms with Crippen LogP contribution in [-0.4, -0.2) is 13.1 Å². The molecule has 0 aliphatic heterocycles. The van der Waals surface area contributed by atoms with E-state index in [1.165, 1.54) is 37.8 Å². The van der Waals surface area contributed by atoms with Crippen molar-refractivity contribution >= 4 is 0 Å². The highest BCUT2D eigenvalue weighted by Gasteiger charge is 2.13. The van der Waals surface area contributed by atoms with Crippen molar-refractivity contribution in [1.82, 2.24) is 5.32 Å². The normalized spacial score (nSPS) is 16.6. The second-order valence-electron chi connectivity index (χ2n) is 4.88. The molecule has 1 aromatic rings. The van der Waals surface area contributed by atoms with E-state index in [4.69, 9.17) is 0 Å². The fourth-order valence-electron chi connectivity index (χ4n) is 2.51. The molecule has 0 aromatic heterocycles. The number of hydrogen-bond acceptors (Lipinski definition) is 1. The summed E-state index contributed by atoms with van der Waals surface area (Å²) >= 11 is 0. The number of nitrogens with one attached hydrogen (secondary N) is 1. The first-order chi connectivity index (χ1) is 8.24. The Labute approximate surface area is 101 Å². The molecule has 1 aliphatic rings. The molecule has 1 N–H and O–H groups in total. The van der Waals surface area contributed by atoms with Crippen LogP contribution >= 0.6 is 0 Å². The summed E-state index contributed by atoms with van der Waals surface area (Å²) in [5.41, 5.74) is 0.724. The van der Waals surface area contributed by atoms with Crippen LogP contribution in [0.4, 0.5) is 8.78 Å². The lowest BCUT2D eigenvalue weighted by molar-refractivity contribution is 0.491. The highest BCUT2D eigenvalue weighted by atomic mass is 19.1. The van der Waals surface area contributed by atoms with Crippen LogP contribution in [0.15, 0.2) is 18.2 Å². The fraction of sp³-hybridized carbons (Fsp3) is 0.571. The zero-order valence-corrected chi connectivity index (χ0v) is 10.0. The Morgan fingerprint density at radius 3 is 2.35 bits per heavy atom. The molecule has 1 saturated carbocycles. The highest BCUT2D eigenvalue weighted by molar-refractivity contribution is 5.18. The van der Waals surface area contributed by atoms with Crippen molar-refractivity contribution in [3.8, 4) is 0 Å². The maximum absolute atomic E-state index is 12.9. The minimum absolute atomic E-state index is 0.490. The predicted molar refractivity (Wildman–Crippen MR) is 64.9 cm³/mol. The molecular weight excluding hydrogens is 220 g/mol. The molecule has 3 heteroatoms. The Bertz CT molecular complexity index is 339. The van der Waals surface area contributed by atoms with Gasteiger partial charge in [0.1, 0.15) is 11.6 Å². The van der Waals surface area contributed by atoms with E-state index >= 15 is 0 Å². The van der Waals surface area contributed by atoms with E-state index in [0.29, 0.717) is 6.42 Å². The van der Waals surface area contributed by atoms with Crippen molar-refractivity contribution in [2.45, 2.75) is 32.1 Å². The zero-order chi connectivity index (χ0) is 12.1. The monoisotopic (exact) mass is 239 g/mol. The maximum atomic E-state index is 12.9. The SMILES string of the molecule is Fc1cc(F)cc(CCNCC2CCCC2)c1. The van der Waals surface area contributed by atoms with E-state index in [9.17, 15) is 8.78 Å². The van der Waals surface area contributed by atoms with Gasteiger partial charge >= 0.3 is 0 Å². The van der Waals surface area contributed by atoms with Crippen molar-refractivity contribution in [2.24, 2.45) is 5.92 Å². The van der Waals surface area contributed by atoms with Crippen LogP contribution in [-0.2, 0) is 6.42 Å². The average molecular weight is 239 g/mol. The van der Waals surface area contributed by atoms with Gasteiger partial charge in [-0.2, -0.15) is 0 Å². The van der Waals surface area contributed by atoms with E-state index < -0.39 is 11.6 Å². The number of benzene rings is 1. The molecule has 94 valence electrons. The third-order valence-corrected chi connectivity index (χ3v) is 3.42. The molecular formula is C14H19F2N. The first kappa shape index (κ1) is 12.5. The van der Waals surface area contributed by atoms with Gasteiger partial charge in [0, 0.05) is 6.07 Å². The Morgan fingerprint density at radius 2 is 1.71 bits per heavy atom. The van der Waals surface area contributed by atoms with Gasteiger partial charge in [0.05, 0.1) is 0 Å². The average Bonchev–Trinajstić information content (AvgIpc) is 2.76. The van der Waals surface area contributed by atoms with Crippen molar-refractivity contribution < 1.29 is 8.78 Å². The Kier molecular flexibility index (Phi) is 4.49. The van der Waals surface area contributed by atoms with E-state index in [1.807, 2.05) is 0 Å². The van der Waals surface area contributed by atoms with Crippen LogP contribution in [0.3, 0.4) is 0 Å². The van der Waals surface area contributed by atoms with Gasteiger partial charge in [-0.15, -0.1) is 0 Å². The molecule has 1 aliphatic carbocycles. The van der Waals surface area contributed by atoms with Gasteiger partial charge < -0.3 is 5.32 Å². The van der Waals surface area contributed by atoms with Gasteiger partial charge in [-0.25, -0.2) is 8.78 Å². The number of halogens is 2. The fourth-order valence-corrected chi connectivity index (χ4v) is 2.51. The van der Waals surface area contributed by atoms with E-state index in [0.717, 1.165) is 30.6 Å². The van der Waals surface area contributed by atoms with Crippen molar-refractivity contribution in [3.63, 3.8) is 0 Å². The molecule has 2 rings (SSSR count). The molecule has 0 saturated heterocycles. The van der Waals surface area contributed by atoms with Crippen LogP contribution in [0.1, 0.15) is 31.2 Å². The van der Waals surface area contributed by atoms with E-state index in [-0.39, 0.29) is 0 Å². The van der Waals surface area contributed by atoms with E-state index in [1.54, 1.807) is 0 Å². The molecule has 0 atom stereocenters. The topological polar surface area (TPSA) is 12.0 Å². The third kappa shape index (κ3) is 4.08. The molecule has 0 radical (unpaired) electrons. The van der Waals surface area contributed by atoms with Gasteiger partial charge in [0.2, 0.25) is 0 Å². The van der Waals surface area contributed by atoms with Crippen LogP contribution in [0.25, 0.3) is 0 Å². The van der Waals surface area contributed by atoms with Gasteiger partial charge in [0.15, 0.2) is 0 Å². The van der Waals surface area contributed by atoms with Crippen molar-refractivity contribution in [1.29, 1.82) is 0 Å². The van der Waals surface area contributed by atoms with Crippen LogP contribution < -0.4 is 5.32 Å². The molecule has 0 spiro atoms. The molecule has 1 aromatic carbocycles. The molecule has 1 fully saturated rings. The molecule has 0 bridgehead atoms. The number of rotatable bonds is 5. The Morgan fingerprint density at radius 1 is 1.06 bits per heavy atom. The summed E-state index contributed by atoms with van der Waals surface area (Å²) in [4.78, 5) is 0. The number of hydrogen-bond donors (Lipinski definition) is 1. The van der Waals surface area contributed by atoms with Crippen LogP contribution in [0.5, 0.6) is 0 Å². The lowest BCUT2D eigenvalue weighted by atomic mass is 10.1. The van der Waals surface area contributed by atoms with Gasteiger partial charge in [0.25, 0.3) is 0 Å². The van der Waals surface area contributed by atoms with Gasteiger partial charge in [-0.05, 0) is 56.0 Å². The van der Waals surface area contributed by atoms with Gasteiger partial charge in [-0.3, -0.25) is 0 Å². The summed E-state index contributed by atoms with van der Waals surface area (Å²) in [5, 5.41) is 3.37. The summed E-state index contributed by atoms with van der Waals surface area (Å²) in [5.74, 6) is -0.175. The summed E-state index contributed by atoms with van der Waals surface area (Å²) in [7, 11) is 0. The quantitative estimate of drug-likeness (QED) is 0.777. The first-order valence-electron chi connectivity index (χ1n) is 6.40. The summed E-state index contributed by atoms with van der Waals surface area (Å²) in [6, 6.07) is 3.72. The predicted octanol–water partition coefficient (Wildman–Crippen LogP) is 3.29. The van der Waals surface area contributed by atoms with Crippen LogP contribution in [0.2, 0.25) is 0 Å².